The lowest BCUT2D eigenvalue weighted by atomic mass is 9.91. The summed E-state index contributed by atoms with van der Waals surface area (Å²) in [6, 6.07) is 13.2. The Morgan fingerprint density at radius 2 is 1.96 bits per heavy atom. The fourth-order valence-corrected chi connectivity index (χ4v) is 3.62. The summed E-state index contributed by atoms with van der Waals surface area (Å²) < 4.78 is 4.94. The number of hydrogen-bond donors (Lipinski definition) is 3. The van der Waals surface area contributed by atoms with Gasteiger partial charge in [-0.15, -0.1) is 0 Å². The van der Waals surface area contributed by atoms with Crippen molar-refractivity contribution in [2.24, 2.45) is 0 Å². The van der Waals surface area contributed by atoms with E-state index in [9.17, 15) is 4.79 Å². The highest BCUT2D eigenvalue weighted by Gasteiger charge is 2.21. The molecule has 0 saturated carbocycles. The largest absolute Gasteiger partial charge is 0.383 e. The van der Waals surface area contributed by atoms with Crippen LogP contribution in [0.2, 0.25) is 10.0 Å². The summed E-state index contributed by atoms with van der Waals surface area (Å²) in [5.74, 6) is -0.126. The van der Waals surface area contributed by atoms with Crippen LogP contribution in [0.3, 0.4) is 0 Å². The van der Waals surface area contributed by atoms with Gasteiger partial charge in [-0.3, -0.25) is 0 Å². The lowest BCUT2D eigenvalue weighted by molar-refractivity contribution is 0.196. The molecule has 0 saturated heterocycles. The van der Waals surface area contributed by atoms with E-state index in [0.717, 1.165) is 22.0 Å². The highest BCUT2D eigenvalue weighted by Crippen LogP contribution is 2.35. The first-order valence-electron chi connectivity index (χ1n) is 8.61. The van der Waals surface area contributed by atoms with Crippen LogP contribution in [0.4, 0.5) is 4.79 Å². The van der Waals surface area contributed by atoms with Crippen LogP contribution >= 0.6 is 23.2 Å². The van der Waals surface area contributed by atoms with Crippen LogP contribution in [0.15, 0.2) is 48.7 Å². The minimum Gasteiger partial charge on any atom is -0.383 e. The second-order valence-electron chi connectivity index (χ2n) is 6.14. The van der Waals surface area contributed by atoms with Crippen molar-refractivity contribution in [3.05, 3.63) is 69.8 Å². The maximum atomic E-state index is 12.1. The number of nitrogens with one attached hydrogen (secondary N) is 3. The summed E-state index contributed by atoms with van der Waals surface area (Å²) in [4.78, 5) is 15.4. The van der Waals surface area contributed by atoms with Gasteiger partial charge in [0, 0.05) is 53.3 Å². The normalized spacial score (nSPS) is 12.1. The van der Waals surface area contributed by atoms with Crippen LogP contribution in [0, 0.1) is 0 Å². The van der Waals surface area contributed by atoms with E-state index >= 15 is 0 Å². The van der Waals surface area contributed by atoms with Gasteiger partial charge >= 0.3 is 6.03 Å². The molecule has 2 amide bonds. The van der Waals surface area contributed by atoms with Crippen molar-refractivity contribution < 1.29 is 9.53 Å². The number of ether oxygens (including phenoxy) is 1. The smallest absolute Gasteiger partial charge is 0.314 e. The SMILES string of the molecule is COCCNC(=O)NCC(c1ccc(Cl)cc1Cl)c1c[nH]c2ccccc12. The molecule has 1 heterocycles. The summed E-state index contributed by atoms with van der Waals surface area (Å²) in [6.07, 6.45) is 1.96. The maximum absolute atomic E-state index is 12.1. The van der Waals surface area contributed by atoms with Crippen molar-refractivity contribution in [3.63, 3.8) is 0 Å². The summed E-state index contributed by atoms with van der Waals surface area (Å²) >= 11 is 12.5. The van der Waals surface area contributed by atoms with Gasteiger partial charge in [-0.1, -0.05) is 47.5 Å². The van der Waals surface area contributed by atoms with Gasteiger partial charge < -0.3 is 20.4 Å². The number of urea groups is 1. The Morgan fingerprint density at radius 1 is 1.15 bits per heavy atom. The molecule has 3 rings (SSSR count). The Hall–Kier alpha value is -2.21. The average molecular weight is 406 g/mol. The highest BCUT2D eigenvalue weighted by molar-refractivity contribution is 6.35. The average Bonchev–Trinajstić information content (AvgIpc) is 3.08. The van der Waals surface area contributed by atoms with Gasteiger partial charge in [-0.05, 0) is 29.3 Å². The first-order valence-corrected chi connectivity index (χ1v) is 9.37. The van der Waals surface area contributed by atoms with E-state index in [1.165, 1.54) is 0 Å². The fraction of sp³-hybridized carbons (Fsp3) is 0.250. The number of hydrogen-bond acceptors (Lipinski definition) is 2. The minimum absolute atomic E-state index is 0.126. The number of carbonyl (C=O) groups excluding carboxylic acids is 1. The van der Waals surface area contributed by atoms with Gasteiger partial charge in [0.15, 0.2) is 0 Å². The number of aromatic amines is 1. The van der Waals surface area contributed by atoms with E-state index in [4.69, 9.17) is 27.9 Å². The van der Waals surface area contributed by atoms with Gasteiger partial charge in [-0.25, -0.2) is 4.79 Å². The van der Waals surface area contributed by atoms with Crippen LogP contribution < -0.4 is 10.6 Å². The predicted octanol–water partition coefficient (Wildman–Crippen LogP) is 4.55. The monoisotopic (exact) mass is 405 g/mol. The lowest BCUT2D eigenvalue weighted by Crippen LogP contribution is -2.39. The van der Waals surface area contributed by atoms with Gasteiger partial charge in [0.1, 0.15) is 0 Å². The molecule has 142 valence electrons. The van der Waals surface area contributed by atoms with Crippen LogP contribution in [0.25, 0.3) is 10.9 Å². The second-order valence-corrected chi connectivity index (χ2v) is 6.98. The Labute approximate surface area is 168 Å². The summed E-state index contributed by atoms with van der Waals surface area (Å²) in [7, 11) is 1.59. The van der Waals surface area contributed by atoms with Gasteiger partial charge in [0.05, 0.1) is 6.61 Å². The minimum atomic E-state index is -0.248. The molecule has 3 aromatic rings. The molecule has 0 fully saturated rings. The molecule has 0 aliphatic heterocycles. The Kier molecular flexibility index (Phi) is 6.61. The zero-order valence-electron chi connectivity index (χ0n) is 14.9. The summed E-state index contributed by atoms with van der Waals surface area (Å²) in [6.45, 7) is 1.30. The molecule has 0 radical (unpaired) electrons. The number of methoxy groups -OCH3 is 1. The van der Waals surface area contributed by atoms with Crippen molar-refractivity contribution in [1.29, 1.82) is 0 Å². The Bertz CT molecular complexity index is 926. The van der Waals surface area contributed by atoms with E-state index in [2.05, 4.69) is 21.7 Å². The number of rotatable bonds is 7. The zero-order valence-corrected chi connectivity index (χ0v) is 16.4. The molecule has 0 spiro atoms. The summed E-state index contributed by atoms with van der Waals surface area (Å²) in [5.41, 5.74) is 3.00. The summed E-state index contributed by atoms with van der Waals surface area (Å²) in [5, 5.41) is 7.92. The molecular formula is C20H21Cl2N3O2. The molecule has 1 atom stereocenters. The molecule has 0 aliphatic carbocycles. The number of aromatic nitrogens is 1. The third kappa shape index (κ3) is 4.75. The molecule has 2 aromatic carbocycles. The predicted molar refractivity (Wildman–Crippen MR) is 110 cm³/mol. The molecular weight excluding hydrogens is 385 g/mol. The Morgan fingerprint density at radius 3 is 2.74 bits per heavy atom. The van der Waals surface area contributed by atoms with E-state index in [1.54, 1.807) is 13.2 Å². The number of para-hydroxylation sites is 1. The van der Waals surface area contributed by atoms with Crippen LogP contribution in [-0.2, 0) is 4.74 Å². The zero-order chi connectivity index (χ0) is 19.2. The number of amides is 2. The van der Waals surface area contributed by atoms with Crippen molar-refractivity contribution >= 4 is 40.1 Å². The number of fused-ring (bicyclic) bond motifs is 1. The lowest BCUT2D eigenvalue weighted by Gasteiger charge is -2.20. The number of halogens is 2. The van der Waals surface area contributed by atoms with Crippen LogP contribution in [0.1, 0.15) is 17.0 Å². The highest BCUT2D eigenvalue weighted by atomic mass is 35.5. The molecule has 7 heteroatoms. The standard InChI is InChI=1S/C20H21Cl2N3O2/c1-27-9-8-23-20(26)25-12-16(14-7-6-13(21)10-18(14)22)17-11-24-19-5-3-2-4-15(17)19/h2-7,10-11,16,24H,8-9,12H2,1H3,(H2,23,25,26). The first-order chi connectivity index (χ1) is 13.1. The van der Waals surface area contributed by atoms with Crippen molar-refractivity contribution in [2.75, 3.05) is 26.8 Å². The van der Waals surface area contributed by atoms with Gasteiger partial charge in [0.25, 0.3) is 0 Å². The number of H-pyrrole nitrogens is 1. The fourth-order valence-electron chi connectivity index (χ4n) is 3.08. The van der Waals surface area contributed by atoms with Crippen LogP contribution in [-0.4, -0.2) is 37.8 Å². The molecule has 1 aromatic heterocycles. The third-order valence-electron chi connectivity index (χ3n) is 4.39. The van der Waals surface area contributed by atoms with E-state index in [1.807, 2.05) is 36.5 Å². The van der Waals surface area contributed by atoms with Crippen molar-refractivity contribution in [1.82, 2.24) is 15.6 Å². The maximum Gasteiger partial charge on any atom is 0.314 e. The molecule has 27 heavy (non-hydrogen) atoms. The van der Waals surface area contributed by atoms with E-state index in [0.29, 0.717) is 29.7 Å². The van der Waals surface area contributed by atoms with Crippen LogP contribution in [0.5, 0.6) is 0 Å². The van der Waals surface area contributed by atoms with Gasteiger partial charge in [0.2, 0.25) is 0 Å². The van der Waals surface area contributed by atoms with Crippen molar-refractivity contribution in [2.45, 2.75) is 5.92 Å². The third-order valence-corrected chi connectivity index (χ3v) is 4.96. The Balaban J connectivity index is 1.88. The topological polar surface area (TPSA) is 66.2 Å². The molecule has 1 unspecified atom stereocenters. The quantitative estimate of drug-likeness (QED) is 0.504. The second kappa shape index (κ2) is 9.13. The number of carbonyl (C=O) groups is 1. The van der Waals surface area contributed by atoms with E-state index in [-0.39, 0.29) is 11.9 Å². The molecule has 3 N–H and O–H groups in total. The van der Waals surface area contributed by atoms with Crippen molar-refractivity contribution in [3.8, 4) is 0 Å². The van der Waals surface area contributed by atoms with E-state index < -0.39 is 0 Å². The molecule has 0 bridgehead atoms. The van der Waals surface area contributed by atoms with Gasteiger partial charge in [-0.2, -0.15) is 0 Å². The first kappa shape index (κ1) is 19.5. The number of benzene rings is 2. The molecule has 0 aliphatic rings. The molecule has 5 nitrogen and oxygen atoms in total.